The Morgan fingerprint density at radius 2 is 2.05 bits per heavy atom. The second kappa shape index (κ2) is 4.51. The SMILES string of the molecule is Nc1ccc(Br)cc1-c1nc2cc(F)cc(Cl)c2o1. The molecule has 19 heavy (non-hydrogen) atoms. The van der Waals surface area contributed by atoms with Crippen LogP contribution in [0.1, 0.15) is 0 Å². The highest BCUT2D eigenvalue weighted by Gasteiger charge is 2.14. The summed E-state index contributed by atoms with van der Waals surface area (Å²) in [5.41, 5.74) is 7.74. The molecule has 0 bridgehead atoms. The number of nitrogens with zero attached hydrogens (tertiary/aromatic N) is 1. The number of nitrogen functional groups attached to an aromatic ring is 1. The van der Waals surface area contributed by atoms with Gasteiger partial charge in [-0.25, -0.2) is 9.37 Å². The Morgan fingerprint density at radius 1 is 1.26 bits per heavy atom. The lowest BCUT2D eigenvalue weighted by Crippen LogP contribution is -1.89. The third-order valence-corrected chi connectivity index (χ3v) is 3.43. The van der Waals surface area contributed by atoms with Crippen LogP contribution < -0.4 is 5.73 Å². The number of halogens is 3. The molecule has 6 heteroatoms. The fraction of sp³-hybridized carbons (Fsp3) is 0. The molecule has 2 aromatic carbocycles. The van der Waals surface area contributed by atoms with Gasteiger partial charge in [-0.2, -0.15) is 0 Å². The van der Waals surface area contributed by atoms with E-state index in [0.717, 1.165) is 4.47 Å². The lowest BCUT2D eigenvalue weighted by atomic mass is 10.2. The first kappa shape index (κ1) is 12.4. The summed E-state index contributed by atoms with van der Waals surface area (Å²) in [6.45, 7) is 0. The second-order valence-corrected chi connectivity index (χ2v) is 5.31. The average Bonchev–Trinajstić information content (AvgIpc) is 2.76. The monoisotopic (exact) mass is 340 g/mol. The van der Waals surface area contributed by atoms with E-state index in [9.17, 15) is 4.39 Å². The van der Waals surface area contributed by atoms with Gasteiger partial charge in [0.1, 0.15) is 11.3 Å². The van der Waals surface area contributed by atoms with Crippen LogP contribution in [0.2, 0.25) is 5.02 Å². The quantitative estimate of drug-likeness (QED) is 0.656. The van der Waals surface area contributed by atoms with Crippen LogP contribution >= 0.6 is 27.5 Å². The second-order valence-electron chi connectivity index (χ2n) is 3.99. The largest absolute Gasteiger partial charge is 0.434 e. The normalized spacial score (nSPS) is 11.1. The molecular weight excluding hydrogens is 335 g/mol. The molecule has 96 valence electrons. The highest BCUT2D eigenvalue weighted by atomic mass is 79.9. The molecular formula is C13H7BrClFN2O. The van der Waals surface area contributed by atoms with Crippen LogP contribution in [0.5, 0.6) is 0 Å². The molecule has 0 fully saturated rings. The molecule has 1 heterocycles. The fourth-order valence-corrected chi connectivity index (χ4v) is 2.39. The maximum absolute atomic E-state index is 13.3. The number of hydrogen-bond donors (Lipinski definition) is 1. The highest BCUT2D eigenvalue weighted by molar-refractivity contribution is 9.10. The van der Waals surface area contributed by atoms with Crippen LogP contribution in [0.4, 0.5) is 10.1 Å². The van der Waals surface area contributed by atoms with Crippen LogP contribution in [0, 0.1) is 5.82 Å². The van der Waals surface area contributed by atoms with E-state index in [1.807, 2.05) is 6.07 Å². The Balaban J connectivity index is 2.26. The maximum Gasteiger partial charge on any atom is 0.229 e. The first-order chi connectivity index (χ1) is 9.04. The summed E-state index contributed by atoms with van der Waals surface area (Å²) in [4.78, 5) is 4.21. The van der Waals surface area contributed by atoms with Gasteiger partial charge in [-0.05, 0) is 24.3 Å². The van der Waals surface area contributed by atoms with Gasteiger partial charge in [-0.1, -0.05) is 27.5 Å². The summed E-state index contributed by atoms with van der Waals surface area (Å²) >= 11 is 9.27. The zero-order chi connectivity index (χ0) is 13.6. The number of oxazole rings is 1. The minimum absolute atomic E-state index is 0.183. The molecule has 0 amide bonds. The molecule has 3 rings (SSSR count). The molecule has 2 N–H and O–H groups in total. The lowest BCUT2D eigenvalue weighted by Gasteiger charge is -2.01. The van der Waals surface area contributed by atoms with Gasteiger partial charge in [0.2, 0.25) is 5.89 Å². The van der Waals surface area contributed by atoms with Crippen LogP contribution in [-0.2, 0) is 0 Å². The van der Waals surface area contributed by atoms with Crippen molar-refractivity contribution in [1.82, 2.24) is 4.98 Å². The van der Waals surface area contributed by atoms with Crippen LogP contribution in [0.25, 0.3) is 22.6 Å². The molecule has 3 aromatic rings. The fourth-order valence-electron chi connectivity index (χ4n) is 1.79. The first-order valence-electron chi connectivity index (χ1n) is 5.35. The Labute approximate surface area is 121 Å². The van der Waals surface area contributed by atoms with Crippen LogP contribution in [0.3, 0.4) is 0 Å². The van der Waals surface area contributed by atoms with Crippen molar-refractivity contribution in [2.45, 2.75) is 0 Å². The lowest BCUT2D eigenvalue weighted by molar-refractivity contribution is 0.614. The van der Waals surface area contributed by atoms with Crippen molar-refractivity contribution in [3.8, 4) is 11.5 Å². The zero-order valence-corrected chi connectivity index (χ0v) is 11.8. The van der Waals surface area contributed by atoms with Gasteiger partial charge in [0.05, 0.1) is 10.6 Å². The number of nitrogens with two attached hydrogens (primary N) is 1. The number of fused-ring (bicyclic) bond motifs is 1. The van der Waals surface area contributed by atoms with Crippen LogP contribution in [-0.4, -0.2) is 4.98 Å². The van der Waals surface area contributed by atoms with Crippen molar-refractivity contribution in [2.24, 2.45) is 0 Å². The molecule has 0 atom stereocenters. The van der Waals surface area contributed by atoms with Crippen molar-refractivity contribution >= 4 is 44.3 Å². The first-order valence-corrected chi connectivity index (χ1v) is 6.52. The van der Waals surface area contributed by atoms with Gasteiger partial charge >= 0.3 is 0 Å². The Kier molecular flexibility index (Phi) is 2.95. The Morgan fingerprint density at radius 3 is 2.84 bits per heavy atom. The molecule has 0 spiro atoms. The Hall–Kier alpha value is -1.59. The molecule has 0 saturated heterocycles. The summed E-state index contributed by atoms with van der Waals surface area (Å²) in [6.07, 6.45) is 0. The third kappa shape index (κ3) is 2.19. The highest BCUT2D eigenvalue weighted by Crippen LogP contribution is 2.33. The smallest absolute Gasteiger partial charge is 0.229 e. The van der Waals surface area contributed by atoms with E-state index >= 15 is 0 Å². The van der Waals surface area contributed by atoms with Crippen molar-refractivity contribution in [2.75, 3.05) is 5.73 Å². The summed E-state index contributed by atoms with van der Waals surface area (Å²) in [5, 5.41) is 0.183. The number of aromatic nitrogens is 1. The van der Waals surface area contributed by atoms with Crippen molar-refractivity contribution in [1.29, 1.82) is 0 Å². The van der Waals surface area contributed by atoms with Crippen molar-refractivity contribution < 1.29 is 8.81 Å². The average molecular weight is 342 g/mol. The van der Waals surface area contributed by atoms with Crippen molar-refractivity contribution in [3.05, 3.63) is 45.6 Å². The topological polar surface area (TPSA) is 52.0 Å². The predicted octanol–water partition coefficient (Wildman–Crippen LogP) is 4.63. The standard InChI is InChI=1S/C13H7BrClFN2O/c14-6-1-2-10(17)8(3-6)13-18-11-5-7(16)4-9(15)12(11)19-13/h1-5H,17H2. The van der Waals surface area contributed by atoms with E-state index in [1.165, 1.54) is 12.1 Å². The molecule has 0 radical (unpaired) electrons. The van der Waals surface area contributed by atoms with Gasteiger partial charge in [-0.15, -0.1) is 0 Å². The molecule has 3 nitrogen and oxygen atoms in total. The van der Waals surface area contributed by atoms with Gasteiger partial charge in [0.25, 0.3) is 0 Å². The third-order valence-electron chi connectivity index (χ3n) is 2.66. The minimum atomic E-state index is -0.459. The van der Waals surface area contributed by atoms with E-state index in [1.54, 1.807) is 12.1 Å². The van der Waals surface area contributed by atoms with Gasteiger partial charge in [0, 0.05) is 16.2 Å². The van der Waals surface area contributed by atoms with E-state index in [0.29, 0.717) is 28.2 Å². The van der Waals surface area contributed by atoms with E-state index in [4.69, 9.17) is 21.8 Å². The molecule has 0 saturated carbocycles. The van der Waals surface area contributed by atoms with Gasteiger partial charge < -0.3 is 10.2 Å². The van der Waals surface area contributed by atoms with Crippen molar-refractivity contribution in [3.63, 3.8) is 0 Å². The summed E-state index contributed by atoms with van der Waals surface area (Å²) < 4.78 is 19.7. The van der Waals surface area contributed by atoms with Gasteiger partial charge in [0.15, 0.2) is 5.58 Å². The number of benzene rings is 2. The minimum Gasteiger partial charge on any atom is -0.434 e. The molecule has 0 aliphatic carbocycles. The van der Waals surface area contributed by atoms with E-state index in [2.05, 4.69) is 20.9 Å². The summed E-state index contributed by atoms with van der Waals surface area (Å²) in [6, 6.07) is 7.78. The number of hydrogen-bond acceptors (Lipinski definition) is 3. The maximum atomic E-state index is 13.3. The summed E-state index contributed by atoms with van der Waals surface area (Å²) in [7, 11) is 0. The zero-order valence-electron chi connectivity index (χ0n) is 9.45. The van der Waals surface area contributed by atoms with E-state index in [-0.39, 0.29) is 5.02 Å². The molecule has 0 aliphatic rings. The predicted molar refractivity (Wildman–Crippen MR) is 76.5 cm³/mol. The summed E-state index contributed by atoms with van der Waals surface area (Å²) in [5.74, 6) is -0.152. The molecule has 0 aliphatic heterocycles. The molecule has 1 aromatic heterocycles. The molecule has 0 unspecified atom stereocenters. The van der Waals surface area contributed by atoms with Gasteiger partial charge in [-0.3, -0.25) is 0 Å². The van der Waals surface area contributed by atoms with E-state index < -0.39 is 5.82 Å². The van der Waals surface area contributed by atoms with Crippen LogP contribution in [0.15, 0.2) is 39.2 Å². The number of anilines is 1. The number of rotatable bonds is 1. The Bertz CT molecular complexity index is 788.